The molecule has 0 spiro atoms. The Bertz CT molecular complexity index is 347. The third kappa shape index (κ3) is 3.49. The van der Waals surface area contributed by atoms with Gasteiger partial charge in [-0.25, -0.2) is 0 Å². The standard InChI is InChI=1S/C11H12BrF3O/c1-10(16-2,7-11(13,14)15)8-3-5-9(12)6-4-8/h3-6H,7H2,1-2H3. The Hall–Kier alpha value is -0.550. The zero-order valence-corrected chi connectivity index (χ0v) is 10.5. The van der Waals surface area contributed by atoms with E-state index in [0.717, 1.165) is 4.47 Å². The highest BCUT2D eigenvalue weighted by atomic mass is 79.9. The minimum atomic E-state index is -4.25. The second-order valence-electron chi connectivity index (χ2n) is 3.73. The predicted molar refractivity (Wildman–Crippen MR) is 59.2 cm³/mol. The maximum absolute atomic E-state index is 12.4. The number of alkyl halides is 3. The number of hydrogen-bond acceptors (Lipinski definition) is 1. The van der Waals surface area contributed by atoms with Gasteiger partial charge in [0.2, 0.25) is 0 Å². The topological polar surface area (TPSA) is 9.23 Å². The van der Waals surface area contributed by atoms with Crippen LogP contribution in [0.1, 0.15) is 18.9 Å². The third-order valence-corrected chi connectivity index (χ3v) is 2.97. The predicted octanol–water partition coefficient (Wildman–Crippen LogP) is 4.26. The quantitative estimate of drug-likeness (QED) is 0.810. The van der Waals surface area contributed by atoms with E-state index in [0.29, 0.717) is 5.56 Å². The molecule has 1 nitrogen and oxygen atoms in total. The number of rotatable bonds is 3. The summed E-state index contributed by atoms with van der Waals surface area (Å²) in [5, 5.41) is 0. The van der Waals surface area contributed by atoms with Gasteiger partial charge in [-0.1, -0.05) is 28.1 Å². The Kier molecular flexibility index (Phi) is 4.02. The summed E-state index contributed by atoms with van der Waals surface area (Å²) in [6.07, 6.45) is -5.25. The van der Waals surface area contributed by atoms with E-state index in [2.05, 4.69) is 15.9 Å². The van der Waals surface area contributed by atoms with Crippen LogP contribution in [0.2, 0.25) is 0 Å². The molecule has 16 heavy (non-hydrogen) atoms. The van der Waals surface area contributed by atoms with E-state index in [1.807, 2.05) is 0 Å². The van der Waals surface area contributed by atoms with Crippen LogP contribution in [0.25, 0.3) is 0 Å². The van der Waals surface area contributed by atoms with Crippen molar-refractivity contribution in [1.82, 2.24) is 0 Å². The van der Waals surface area contributed by atoms with Gasteiger partial charge in [-0.15, -0.1) is 0 Å². The molecule has 0 aliphatic carbocycles. The van der Waals surface area contributed by atoms with Crippen molar-refractivity contribution in [2.75, 3.05) is 7.11 Å². The molecule has 5 heteroatoms. The van der Waals surface area contributed by atoms with Crippen LogP contribution in [0.4, 0.5) is 13.2 Å². The maximum atomic E-state index is 12.4. The van der Waals surface area contributed by atoms with Crippen LogP contribution in [0, 0.1) is 0 Å². The van der Waals surface area contributed by atoms with Crippen LogP contribution >= 0.6 is 15.9 Å². The summed E-state index contributed by atoms with van der Waals surface area (Å²) in [6.45, 7) is 1.43. The van der Waals surface area contributed by atoms with Gasteiger partial charge in [0.15, 0.2) is 0 Å². The van der Waals surface area contributed by atoms with E-state index in [1.54, 1.807) is 24.3 Å². The molecule has 0 N–H and O–H groups in total. The Morgan fingerprint density at radius 2 is 1.69 bits per heavy atom. The van der Waals surface area contributed by atoms with Crippen molar-refractivity contribution in [2.24, 2.45) is 0 Å². The van der Waals surface area contributed by atoms with Crippen LogP contribution in [0.3, 0.4) is 0 Å². The largest absolute Gasteiger partial charge is 0.392 e. The summed E-state index contributed by atoms with van der Waals surface area (Å²) in [6, 6.07) is 6.64. The Morgan fingerprint density at radius 1 is 1.19 bits per heavy atom. The lowest BCUT2D eigenvalue weighted by molar-refractivity contribution is -0.181. The molecular weight excluding hydrogens is 285 g/mol. The minimum absolute atomic E-state index is 0.510. The molecule has 0 aliphatic rings. The number of ether oxygens (including phenoxy) is 1. The summed E-state index contributed by atoms with van der Waals surface area (Å²) in [5.74, 6) is 0. The number of methoxy groups -OCH3 is 1. The van der Waals surface area contributed by atoms with E-state index in [4.69, 9.17) is 4.74 Å². The van der Waals surface area contributed by atoms with Gasteiger partial charge in [-0.2, -0.15) is 13.2 Å². The molecule has 1 aromatic rings. The normalized spacial score (nSPS) is 15.9. The monoisotopic (exact) mass is 296 g/mol. The number of hydrogen-bond donors (Lipinski definition) is 0. The van der Waals surface area contributed by atoms with Crippen molar-refractivity contribution >= 4 is 15.9 Å². The summed E-state index contributed by atoms with van der Waals surface area (Å²) in [7, 11) is 1.29. The molecule has 1 rings (SSSR count). The second-order valence-corrected chi connectivity index (χ2v) is 4.65. The summed E-state index contributed by atoms with van der Waals surface area (Å²) >= 11 is 3.23. The molecule has 0 fully saturated rings. The third-order valence-electron chi connectivity index (χ3n) is 2.44. The van der Waals surface area contributed by atoms with Gasteiger partial charge in [0.25, 0.3) is 0 Å². The lowest BCUT2D eigenvalue weighted by Gasteiger charge is -2.29. The van der Waals surface area contributed by atoms with Gasteiger partial charge in [0, 0.05) is 11.6 Å². The summed E-state index contributed by atoms with van der Waals surface area (Å²) in [4.78, 5) is 0. The molecule has 0 aromatic heterocycles. The van der Waals surface area contributed by atoms with Gasteiger partial charge >= 0.3 is 6.18 Å². The van der Waals surface area contributed by atoms with E-state index < -0.39 is 18.2 Å². The van der Waals surface area contributed by atoms with Gasteiger partial charge in [-0.05, 0) is 24.6 Å². The lowest BCUT2D eigenvalue weighted by atomic mass is 9.92. The van der Waals surface area contributed by atoms with Crippen molar-refractivity contribution < 1.29 is 17.9 Å². The zero-order valence-electron chi connectivity index (χ0n) is 8.94. The first-order valence-corrected chi connectivity index (χ1v) is 5.44. The summed E-state index contributed by atoms with van der Waals surface area (Å²) < 4.78 is 43.1. The molecule has 0 bridgehead atoms. The molecular formula is C11H12BrF3O. The fourth-order valence-electron chi connectivity index (χ4n) is 1.48. The fraction of sp³-hybridized carbons (Fsp3) is 0.455. The maximum Gasteiger partial charge on any atom is 0.392 e. The first-order valence-electron chi connectivity index (χ1n) is 4.65. The van der Waals surface area contributed by atoms with E-state index in [9.17, 15) is 13.2 Å². The molecule has 1 aromatic carbocycles. The molecule has 0 aliphatic heterocycles. The van der Waals surface area contributed by atoms with Gasteiger partial charge in [0.05, 0.1) is 12.0 Å². The van der Waals surface area contributed by atoms with Crippen molar-refractivity contribution in [1.29, 1.82) is 0 Å². The van der Waals surface area contributed by atoms with Crippen molar-refractivity contribution in [3.05, 3.63) is 34.3 Å². The Morgan fingerprint density at radius 3 is 2.06 bits per heavy atom. The summed E-state index contributed by atoms with van der Waals surface area (Å²) in [5.41, 5.74) is -0.825. The van der Waals surface area contributed by atoms with Gasteiger partial charge in [-0.3, -0.25) is 0 Å². The smallest absolute Gasteiger partial charge is 0.373 e. The van der Waals surface area contributed by atoms with Crippen molar-refractivity contribution in [2.45, 2.75) is 25.1 Å². The van der Waals surface area contributed by atoms with Crippen LogP contribution in [-0.4, -0.2) is 13.3 Å². The highest BCUT2D eigenvalue weighted by Crippen LogP contribution is 2.37. The van der Waals surface area contributed by atoms with Gasteiger partial charge < -0.3 is 4.74 Å². The number of halogens is 4. The molecule has 0 saturated heterocycles. The highest BCUT2D eigenvalue weighted by Gasteiger charge is 2.40. The van der Waals surface area contributed by atoms with Crippen molar-refractivity contribution in [3.63, 3.8) is 0 Å². The Balaban J connectivity index is 3.00. The highest BCUT2D eigenvalue weighted by molar-refractivity contribution is 9.10. The minimum Gasteiger partial charge on any atom is -0.373 e. The van der Waals surface area contributed by atoms with E-state index in [1.165, 1.54) is 14.0 Å². The first kappa shape index (κ1) is 13.5. The average molecular weight is 297 g/mol. The molecule has 0 heterocycles. The average Bonchev–Trinajstić information content (AvgIpc) is 2.16. The van der Waals surface area contributed by atoms with Crippen molar-refractivity contribution in [3.8, 4) is 0 Å². The van der Waals surface area contributed by atoms with Crippen LogP contribution in [0.15, 0.2) is 28.7 Å². The second kappa shape index (κ2) is 4.75. The number of benzene rings is 1. The fourth-order valence-corrected chi connectivity index (χ4v) is 1.74. The van der Waals surface area contributed by atoms with Gasteiger partial charge in [0.1, 0.15) is 0 Å². The van der Waals surface area contributed by atoms with E-state index in [-0.39, 0.29) is 0 Å². The Labute approximate surface area is 101 Å². The molecule has 0 saturated carbocycles. The van der Waals surface area contributed by atoms with E-state index >= 15 is 0 Å². The molecule has 1 atom stereocenters. The molecule has 0 radical (unpaired) electrons. The SMILES string of the molecule is COC(C)(CC(F)(F)F)c1ccc(Br)cc1. The lowest BCUT2D eigenvalue weighted by Crippen LogP contribution is -2.31. The first-order chi connectivity index (χ1) is 7.27. The zero-order chi connectivity index (χ0) is 12.4. The van der Waals surface area contributed by atoms with Crippen LogP contribution in [-0.2, 0) is 10.3 Å². The molecule has 1 unspecified atom stereocenters. The van der Waals surface area contributed by atoms with Crippen LogP contribution in [0.5, 0.6) is 0 Å². The molecule has 0 amide bonds. The molecule has 90 valence electrons. The van der Waals surface area contributed by atoms with Crippen LogP contribution < -0.4 is 0 Å².